The molecule has 1 aromatic rings. The number of rotatable bonds is 4. The molecule has 100 valence electrons. The second kappa shape index (κ2) is 5.36. The van der Waals surface area contributed by atoms with Crippen LogP contribution in [0.4, 0.5) is 0 Å². The topological polar surface area (TPSA) is 64.7 Å². The molecule has 1 aromatic carbocycles. The summed E-state index contributed by atoms with van der Waals surface area (Å²) in [4.78, 5) is 0. The van der Waals surface area contributed by atoms with Gasteiger partial charge in [0.05, 0.1) is 12.7 Å². The van der Waals surface area contributed by atoms with E-state index in [1.807, 2.05) is 44.2 Å². The van der Waals surface area contributed by atoms with E-state index in [1.165, 1.54) is 0 Å². The minimum Gasteiger partial charge on any atom is -0.390 e. The smallest absolute Gasteiger partial charge is 0.163 e. The van der Waals surface area contributed by atoms with Gasteiger partial charge in [0.2, 0.25) is 0 Å². The van der Waals surface area contributed by atoms with Crippen molar-refractivity contribution >= 4 is 0 Å². The van der Waals surface area contributed by atoms with Crippen LogP contribution in [-0.4, -0.2) is 29.7 Å². The van der Waals surface area contributed by atoms with Gasteiger partial charge in [0.15, 0.2) is 5.79 Å². The van der Waals surface area contributed by atoms with Crippen LogP contribution < -0.4 is 5.73 Å². The highest BCUT2D eigenvalue weighted by Crippen LogP contribution is 2.27. The first-order chi connectivity index (χ1) is 8.48. The van der Waals surface area contributed by atoms with Gasteiger partial charge in [0.25, 0.3) is 0 Å². The Bertz CT molecular complexity index is 380. The van der Waals surface area contributed by atoms with Crippen molar-refractivity contribution in [2.24, 2.45) is 5.73 Å². The number of ether oxygens (including phenoxy) is 2. The van der Waals surface area contributed by atoms with E-state index in [0.717, 1.165) is 5.56 Å². The highest BCUT2D eigenvalue weighted by molar-refractivity contribution is 5.18. The van der Waals surface area contributed by atoms with Crippen molar-refractivity contribution < 1.29 is 14.6 Å². The number of aliphatic hydroxyl groups excluding tert-OH is 1. The zero-order valence-electron chi connectivity index (χ0n) is 10.9. The molecule has 1 aliphatic heterocycles. The normalized spacial score (nSPS) is 25.9. The van der Waals surface area contributed by atoms with Crippen LogP contribution in [0.3, 0.4) is 0 Å². The Hall–Kier alpha value is -0.940. The Balaban J connectivity index is 1.90. The number of hydrogen-bond donors (Lipinski definition) is 2. The van der Waals surface area contributed by atoms with Gasteiger partial charge in [-0.15, -0.1) is 0 Å². The number of aliphatic hydroxyl groups is 1. The summed E-state index contributed by atoms with van der Waals surface area (Å²) in [6.45, 7) is 4.10. The first-order valence-corrected chi connectivity index (χ1v) is 6.28. The van der Waals surface area contributed by atoms with Crippen molar-refractivity contribution in [1.29, 1.82) is 0 Å². The van der Waals surface area contributed by atoms with Gasteiger partial charge >= 0.3 is 0 Å². The van der Waals surface area contributed by atoms with E-state index in [9.17, 15) is 5.11 Å². The van der Waals surface area contributed by atoms with Crippen molar-refractivity contribution in [2.45, 2.75) is 44.3 Å². The van der Waals surface area contributed by atoms with Gasteiger partial charge in [-0.2, -0.15) is 0 Å². The van der Waals surface area contributed by atoms with Crippen molar-refractivity contribution in [3.05, 3.63) is 35.9 Å². The predicted molar refractivity (Wildman–Crippen MR) is 68.9 cm³/mol. The fourth-order valence-corrected chi connectivity index (χ4v) is 2.15. The SMILES string of the molecule is CC1(C)OC[C@H]([C@H](O)C[C@H](N)c2ccccc2)O1. The van der Waals surface area contributed by atoms with Crippen molar-refractivity contribution in [3.8, 4) is 0 Å². The molecule has 3 atom stereocenters. The lowest BCUT2D eigenvalue weighted by Gasteiger charge is -2.22. The number of hydrogen-bond acceptors (Lipinski definition) is 4. The van der Waals surface area contributed by atoms with Crippen LogP contribution in [0.5, 0.6) is 0 Å². The second-order valence-corrected chi connectivity index (χ2v) is 5.19. The standard InChI is InChI=1S/C14H21NO3/c1-14(2)17-9-13(18-14)12(16)8-11(15)10-6-4-3-5-7-10/h3-7,11-13,16H,8-9,15H2,1-2H3/t11-,12+,13+/m0/s1. The first-order valence-electron chi connectivity index (χ1n) is 6.28. The summed E-state index contributed by atoms with van der Waals surface area (Å²) in [6, 6.07) is 9.58. The molecule has 4 heteroatoms. The molecule has 0 spiro atoms. The maximum absolute atomic E-state index is 10.1. The maximum atomic E-state index is 10.1. The van der Waals surface area contributed by atoms with Crippen LogP contribution in [0.1, 0.15) is 31.9 Å². The van der Waals surface area contributed by atoms with Crippen LogP contribution in [0.15, 0.2) is 30.3 Å². The third-order valence-corrected chi connectivity index (χ3v) is 3.18. The molecule has 0 amide bonds. The van der Waals surface area contributed by atoms with Crippen LogP contribution in [0.2, 0.25) is 0 Å². The van der Waals surface area contributed by atoms with Gasteiger partial charge in [-0.3, -0.25) is 0 Å². The van der Waals surface area contributed by atoms with Gasteiger partial charge < -0.3 is 20.3 Å². The summed E-state index contributed by atoms with van der Waals surface area (Å²) in [7, 11) is 0. The number of nitrogens with two attached hydrogens (primary N) is 1. The van der Waals surface area contributed by atoms with E-state index in [0.29, 0.717) is 13.0 Å². The average Bonchev–Trinajstić information content (AvgIpc) is 2.71. The van der Waals surface area contributed by atoms with Crippen molar-refractivity contribution in [2.75, 3.05) is 6.61 Å². The fraction of sp³-hybridized carbons (Fsp3) is 0.571. The highest BCUT2D eigenvalue weighted by atomic mass is 16.7. The second-order valence-electron chi connectivity index (χ2n) is 5.19. The third kappa shape index (κ3) is 3.29. The Morgan fingerprint density at radius 1 is 1.39 bits per heavy atom. The van der Waals surface area contributed by atoms with E-state index >= 15 is 0 Å². The Labute approximate surface area is 108 Å². The molecule has 0 radical (unpaired) electrons. The summed E-state index contributed by atoms with van der Waals surface area (Å²) < 4.78 is 11.1. The molecular weight excluding hydrogens is 230 g/mol. The maximum Gasteiger partial charge on any atom is 0.163 e. The molecular formula is C14H21NO3. The molecule has 0 unspecified atom stereocenters. The fourth-order valence-electron chi connectivity index (χ4n) is 2.15. The summed E-state index contributed by atoms with van der Waals surface area (Å²) in [5.74, 6) is -0.609. The highest BCUT2D eigenvalue weighted by Gasteiger charge is 2.37. The molecule has 3 N–H and O–H groups in total. The Morgan fingerprint density at radius 2 is 2.06 bits per heavy atom. The van der Waals surface area contributed by atoms with Gasteiger partial charge in [-0.1, -0.05) is 30.3 Å². The van der Waals surface area contributed by atoms with E-state index in [2.05, 4.69) is 0 Å². The average molecular weight is 251 g/mol. The molecule has 1 aliphatic rings. The monoisotopic (exact) mass is 251 g/mol. The minimum absolute atomic E-state index is 0.187. The van der Waals surface area contributed by atoms with E-state index in [-0.39, 0.29) is 12.1 Å². The molecule has 0 aromatic heterocycles. The lowest BCUT2D eigenvalue weighted by Crippen LogP contribution is -2.33. The molecule has 0 bridgehead atoms. The quantitative estimate of drug-likeness (QED) is 0.853. The Kier molecular flexibility index (Phi) is 4.02. The van der Waals surface area contributed by atoms with Crippen LogP contribution in [0, 0.1) is 0 Å². The van der Waals surface area contributed by atoms with Crippen LogP contribution in [-0.2, 0) is 9.47 Å². The summed E-state index contributed by atoms with van der Waals surface area (Å²) in [6.07, 6.45) is -0.439. The van der Waals surface area contributed by atoms with E-state index < -0.39 is 11.9 Å². The van der Waals surface area contributed by atoms with Gasteiger partial charge in [-0.05, 0) is 25.8 Å². The molecule has 1 fully saturated rings. The molecule has 4 nitrogen and oxygen atoms in total. The van der Waals surface area contributed by atoms with Crippen molar-refractivity contribution in [3.63, 3.8) is 0 Å². The molecule has 1 heterocycles. The molecule has 0 saturated carbocycles. The molecule has 1 saturated heterocycles. The molecule has 2 rings (SSSR count). The van der Waals surface area contributed by atoms with E-state index in [4.69, 9.17) is 15.2 Å². The lowest BCUT2D eigenvalue weighted by molar-refractivity contribution is -0.151. The molecule has 0 aliphatic carbocycles. The van der Waals surface area contributed by atoms with Crippen molar-refractivity contribution in [1.82, 2.24) is 0 Å². The summed E-state index contributed by atoms with van der Waals surface area (Å²) in [5, 5.41) is 10.1. The first kappa shape index (κ1) is 13.5. The van der Waals surface area contributed by atoms with Gasteiger partial charge in [-0.25, -0.2) is 0 Å². The predicted octanol–water partition coefficient (Wildman–Crippen LogP) is 1.59. The minimum atomic E-state index is -0.609. The summed E-state index contributed by atoms with van der Waals surface area (Å²) in [5.41, 5.74) is 7.10. The van der Waals surface area contributed by atoms with Crippen LogP contribution >= 0.6 is 0 Å². The summed E-state index contributed by atoms with van der Waals surface area (Å²) >= 11 is 0. The zero-order valence-corrected chi connectivity index (χ0v) is 10.9. The largest absolute Gasteiger partial charge is 0.390 e. The van der Waals surface area contributed by atoms with Gasteiger partial charge in [0, 0.05) is 6.04 Å². The van der Waals surface area contributed by atoms with Crippen LogP contribution in [0.25, 0.3) is 0 Å². The van der Waals surface area contributed by atoms with E-state index in [1.54, 1.807) is 0 Å². The lowest BCUT2D eigenvalue weighted by atomic mass is 9.99. The zero-order chi connectivity index (χ0) is 13.2. The number of benzene rings is 1. The third-order valence-electron chi connectivity index (χ3n) is 3.18. The molecule has 18 heavy (non-hydrogen) atoms. The Morgan fingerprint density at radius 3 is 2.61 bits per heavy atom. The van der Waals surface area contributed by atoms with Gasteiger partial charge in [0.1, 0.15) is 6.10 Å².